The molecule has 6 heteroatoms. The molecule has 1 atom stereocenters. The van der Waals surface area contributed by atoms with Gasteiger partial charge >= 0.3 is 17.9 Å². The Hall–Kier alpha value is -1.85. The molecule has 0 heterocycles. The molecule has 0 spiro atoms. The van der Waals surface area contributed by atoms with Crippen molar-refractivity contribution in [1.82, 2.24) is 0 Å². The van der Waals surface area contributed by atoms with Crippen molar-refractivity contribution in [2.45, 2.75) is 322 Å². The molecular formula is C57H108O6. The SMILES string of the molecule is CCCCCC/C=C\CCCCCCCCCC(=O)OC[C@H](COC(=O)CCCCCCCCCCCCC)OC(=O)CCCCCCCCCCCCCCCCCCCCC. The molecule has 0 rings (SSSR count). The maximum atomic E-state index is 12.8. The van der Waals surface area contributed by atoms with Crippen molar-refractivity contribution < 1.29 is 28.6 Å². The molecule has 63 heavy (non-hydrogen) atoms. The first kappa shape index (κ1) is 61.1. The van der Waals surface area contributed by atoms with Crippen molar-refractivity contribution in [3.8, 4) is 0 Å². The summed E-state index contributed by atoms with van der Waals surface area (Å²) in [7, 11) is 0. The second-order valence-corrected chi connectivity index (χ2v) is 19.2. The summed E-state index contributed by atoms with van der Waals surface area (Å²) in [6, 6.07) is 0. The molecule has 0 fully saturated rings. The van der Waals surface area contributed by atoms with E-state index in [2.05, 4.69) is 32.9 Å². The van der Waals surface area contributed by atoms with E-state index in [1.54, 1.807) is 0 Å². The minimum Gasteiger partial charge on any atom is -0.462 e. The lowest BCUT2D eigenvalue weighted by Gasteiger charge is -2.18. The van der Waals surface area contributed by atoms with Gasteiger partial charge in [-0.15, -0.1) is 0 Å². The number of hydrogen-bond donors (Lipinski definition) is 0. The lowest BCUT2D eigenvalue weighted by molar-refractivity contribution is -0.167. The zero-order valence-corrected chi connectivity index (χ0v) is 42.6. The van der Waals surface area contributed by atoms with Gasteiger partial charge in [0.25, 0.3) is 0 Å². The van der Waals surface area contributed by atoms with Gasteiger partial charge in [0.15, 0.2) is 6.10 Å². The molecule has 372 valence electrons. The van der Waals surface area contributed by atoms with Crippen LogP contribution in [-0.2, 0) is 28.6 Å². The molecule has 0 N–H and O–H groups in total. The van der Waals surface area contributed by atoms with E-state index < -0.39 is 6.10 Å². The zero-order chi connectivity index (χ0) is 45.8. The smallest absolute Gasteiger partial charge is 0.306 e. The Labute approximate surface area is 392 Å². The van der Waals surface area contributed by atoms with Gasteiger partial charge in [0.2, 0.25) is 0 Å². The molecule has 0 amide bonds. The fraction of sp³-hybridized carbons (Fsp3) is 0.912. The normalized spacial score (nSPS) is 12.0. The lowest BCUT2D eigenvalue weighted by Crippen LogP contribution is -2.30. The lowest BCUT2D eigenvalue weighted by atomic mass is 10.0. The summed E-state index contributed by atoms with van der Waals surface area (Å²) in [5.41, 5.74) is 0. The Balaban J connectivity index is 4.27. The first-order valence-corrected chi connectivity index (χ1v) is 28.2. The van der Waals surface area contributed by atoms with Crippen LogP contribution in [0.25, 0.3) is 0 Å². The predicted molar refractivity (Wildman–Crippen MR) is 270 cm³/mol. The van der Waals surface area contributed by atoms with Crippen molar-refractivity contribution in [3.63, 3.8) is 0 Å². The van der Waals surface area contributed by atoms with E-state index in [0.717, 1.165) is 57.8 Å². The minimum atomic E-state index is -0.765. The van der Waals surface area contributed by atoms with E-state index in [-0.39, 0.29) is 31.1 Å². The van der Waals surface area contributed by atoms with Crippen molar-refractivity contribution in [2.24, 2.45) is 0 Å². The van der Waals surface area contributed by atoms with Crippen LogP contribution in [0, 0.1) is 0 Å². The van der Waals surface area contributed by atoms with Gasteiger partial charge in [-0.05, 0) is 44.9 Å². The van der Waals surface area contributed by atoms with Gasteiger partial charge in [-0.3, -0.25) is 14.4 Å². The molecule has 0 aromatic heterocycles. The first-order valence-electron chi connectivity index (χ1n) is 28.2. The fourth-order valence-corrected chi connectivity index (χ4v) is 8.50. The van der Waals surface area contributed by atoms with Crippen LogP contribution in [0.5, 0.6) is 0 Å². The number of carbonyl (C=O) groups is 3. The van der Waals surface area contributed by atoms with E-state index in [9.17, 15) is 14.4 Å². The summed E-state index contributed by atoms with van der Waals surface area (Å²) >= 11 is 0. The fourth-order valence-electron chi connectivity index (χ4n) is 8.50. The third-order valence-corrected chi connectivity index (χ3v) is 12.8. The number of esters is 3. The van der Waals surface area contributed by atoms with Gasteiger partial charge in [0.05, 0.1) is 0 Å². The second kappa shape index (κ2) is 52.8. The summed E-state index contributed by atoms with van der Waals surface area (Å²) in [6.07, 6.45) is 59.1. The Morgan fingerprint density at radius 3 is 0.810 bits per heavy atom. The van der Waals surface area contributed by atoms with Gasteiger partial charge in [-0.2, -0.15) is 0 Å². The average molecular weight is 889 g/mol. The highest BCUT2D eigenvalue weighted by Gasteiger charge is 2.19. The highest BCUT2D eigenvalue weighted by atomic mass is 16.6. The third kappa shape index (κ3) is 51.0. The number of rotatable bonds is 52. The molecule has 0 bridgehead atoms. The molecule has 0 aliphatic rings. The molecule has 0 aromatic rings. The molecule has 0 aliphatic heterocycles. The number of carbonyl (C=O) groups excluding carboxylic acids is 3. The predicted octanol–water partition coefficient (Wildman–Crippen LogP) is 18.5. The summed E-state index contributed by atoms with van der Waals surface area (Å²) < 4.78 is 16.8. The summed E-state index contributed by atoms with van der Waals surface area (Å²) in [6.45, 7) is 6.67. The topological polar surface area (TPSA) is 78.9 Å². The molecular weight excluding hydrogens is 781 g/mol. The monoisotopic (exact) mass is 889 g/mol. The van der Waals surface area contributed by atoms with Gasteiger partial charge < -0.3 is 14.2 Å². The van der Waals surface area contributed by atoms with Crippen LogP contribution in [0.4, 0.5) is 0 Å². The van der Waals surface area contributed by atoms with Gasteiger partial charge in [0, 0.05) is 19.3 Å². The Bertz CT molecular complexity index is 978. The number of allylic oxidation sites excluding steroid dienone is 2. The van der Waals surface area contributed by atoms with E-state index >= 15 is 0 Å². The first-order chi connectivity index (χ1) is 31.0. The number of ether oxygens (including phenoxy) is 3. The van der Waals surface area contributed by atoms with E-state index in [0.29, 0.717) is 19.3 Å². The van der Waals surface area contributed by atoms with E-state index in [1.807, 2.05) is 0 Å². The largest absolute Gasteiger partial charge is 0.462 e. The van der Waals surface area contributed by atoms with Crippen LogP contribution in [-0.4, -0.2) is 37.2 Å². The molecule has 6 nitrogen and oxygen atoms in total. The van der Waals surface area contributed by atoms with Crippen LogP contribution >= 0.6 is 0 Å². The highest BCUT2D eigenvalue weighted by molar-refractivity contribution is 5.71. The summed E-state index contributed by atoms with van der Waals surface area (Å²) in [5, 5.41) is 0. The minimum absolute atomic E-state index is 0.0656. The van der Waals surface area contributed by atoms with Crippen LogP contribution in [0.1, 0.15) is 316 Å². The summed E-state index contributed by atoms with van der Waals surface area (Å²) in [4.78, 5) is 38.0. The van der Waals surface area contributed by atoms with Gasteiger partial charge in [0.1, 0.15) is 13.2 Å². The Morgan fingerprint density at radius 2 is 0.524 bits per heavy atom. The molecule has 0 unspecified atom stereocenters. The molecule has 0 aromatic carbocycles. The molecule has 0 radical (unpaired) electrons. The van der Waals surface area contributed by atoms with Crippen LogP contribution in [0.15, 0.2) is 12.2 Å². The van der Waals surface area contributed by atoms with Crippen molar-refractivity contribution in [3.05, 3.63) is 12.2 Å². The summed E-state index contributed by atoms with van der Waals surface area (Å²) in [5.74, 6) is -0.849. The average Bonchev–Trinajstić information content (AvgIpc) is 3.28. The van der Waals surface area contributed by atoms with Crippen LogP contribution in [0.3, 0.4) is 0 Å². The zero-order valence-electron chi connectivity index (χ0n) is 42.6. The third-order valence-electron chi connectivity index (χ3n) is 12.8. The van der Waals surface area contributed by atoms with E-state index in [1.165, 1.54) is 218 Å². The van der Waals surface area contributed by atoms with Gasteiger partial charge in [-0.25, -0.2) is 0 Å². The van der Waals surface area contributed by atoms with Crippen molar-refractivity contribution in [1.29, 1.82) is 0 Å². The second-order valence-electron chi connectivity index (χ2n) is 19.2. The van der Waals surface area contributed by atoms with Crippen molar-refractivity contribution in [2.75, 3.05) is 13.2 Å². The molecule has 0 saturated carbocycles. The van der Waals surface area contributed by atoms with Crippen LogP contribution in [0.2, 0.25) is 0 Å². The highest BCUT2D eigenvalue weighted by Crippen LogP contribution is 2.17. The maximum Gasteiger partial charge on any atom is 0.306 e. The van der Waals surface area contributed by atoms with Crippen LogP contribution < -0.4 is 0 Å². The number of hydrogen-bond acceptors (Lipinski definition) is 6. The maximum absolute atomic E-state index is 12.8. The molecule has 0 saturated heterocycles. The quantitative estimate of drug-likeness (QED) is 0.0262. The number of unbranched alkanes of at least 4 members (excludes halogenated alkanes) is 39. The standard InChI is InChI=1S/C57H108O6/c1-4-7-10-13-16-19-22-24-26-27-28-29-31-33-36-39-42-45-48-51-57(60)63-54(52-61-55(58)49-46-43-40-37-34-21-18-15-12-9-6-3)53-62-56(59)50-47-44-41-38-35-32-30-25-23-20-17-14-11-8-5-2/h20,23,54H,4-19,21-22,24-53H2,1-3H3/b23-20-/t54-/m0/s1. The Morgan fingerprint density at radius 1 is 0.302 bits per heavy atom. The van der Waals surface area contributed by atoms with Crippen molar-refractivity contribution >= 4 is 17.9 Å². The molecule has 0 aliphatic carbocycles. The van der Waals surface area contributed by atoms with E-state index in [4.69, 9.17) is 14.2 Å². The van der Waals surface area contributed by atoms with Gasteiger partial charge in [-0.1, -0.05) is 264 Å². The Kier molecular flexibility index (Phi) is 51.2.